The molecule has 1 aromatic carbocycles. The van der Waals surface area contributed by atoms with Gasteiger partial charge < -0.3 is 0 Å². The minimum Gasteiger partial charge on any atom is -0.298 e. The molecular weight excluding hydrogens is 364 g/mol. The number of aromatic nitrogens is 5. The Bertz CT molecular complexity index is 922. The third-order valence-electron chi connectivity index (χ3n) is 3.27. The van der Waals surface area contributed by atoms with Gasteiger partial charge in [-0.15, -0.1) is 16.8 Å². The van der Waals surface area contributed by atoms with Crippen molar-refractivity contribution in [1.29, 1.82) is 0 Å². The van der Waals surface area contributed by atoms with Gasteiger partial charge in [0.05, 0.1) is 10.8 Å². The molecule has 0 saturated heterocycles. The normalized spacial score (nSPS) is 10.8. The topological polar surface area (TPSA) is 91.7 Å². The van der Waals surface area contributed by atoms with E-state index in [0.29, 0.717) is 28.4 Å². The molecule has 0 unspecified atom stereocenters. The van der Waals surface area contributed by atoms with Gasteiger partial charge in [0.25, 0.3) is 0 Å². The second kappa shape index (κ2) is 7.49. The molecular formula is C15H13ClN6O2S. The molecule has 3 rings (SSSR count). The van der Waals surface area contributed by atoms with Gasteiger partial charge in [-0.3, -0.25) is 19.4 Å². The molecule has 0 spiro atoms. The van der Waals surface area contributed by atoms with Crippen LogP contribution < -0.4 is 0 Å². The molecule has 2 heterocycles. The van der Waals surface area contributed by atoms with E-state index >= 15 is 0 Å². The first-order chi connectivity index (χ1) is 12.1. The van der Waals surface area contributed by atoms with E-state index in [1.54, 1.807) is 12.1 Å². The summed E-state index contributed by atoms with van der Waals surface area (Å²) in [7, 11) is 0. The number of thioether (sulfide) groups is 1. The first-order valence-corrected chi connectivity index (χ1v) is 8.54. The molecule has 0 amide bonds. The zero-order valence-corrected chi connectivity index (χ0v) is 14.5. The Morgan fingerprint density at radius 1 is 1.40 bits per heavy atom. The van der Waals surface area contributed by atoms with Crippen LogP contribution in [-0.4, -0.2) is 29.5 Å². The number of nitro groups is 1. The Balaban J connectivity index is 1.83. The maximum atomic E-state index is 10.7. The van der Waals surface area contributed by atoms with Crippen molar-refractivity contribution in [1.82, 2.24) is 24.5 Å². The van der Waals surface area contributed by atoms with Gasteiger partial charge >= 0.3 is 5.69 Å². The lowest BCUT2D eigenvalue weighted by Crippen LogP contribution is -2.02. The van der Waals surface area contributed by atoms with E-state index in [-0.39, 0.29) is 5.69 Å². The van der Waals surface area contributed by atoms with Gasteiger partial charge in [0.1, 0.15) is 12.4 Å². The number of hydrogen-bond donors (Lipinski definition) is 0. The number of nitrogens with zero attached hydrogens (tertiary/aromatic N) is 6. The van der Waals surface area contributed by atoms with Crippen molar-refractivity contribution in [3.8, 4) is 11.4 Å². The summed E-state index contributed by atoms with van der Waals surface area (Å²) in [6.45, 7) is 4.29. The maximum absolute atomic E-state index is 10.7. The number of benzene rings is 1. The summed E-state index contributed by atoms with van der Waals surface area (Å²) in [6, 6.07) is 7.36. The Labute approximate surface area is 152 Å². The molecule has 8 nitrogen and oxygen atoms in total. The summed E-state index contributed by atoms with van der Waals surface area (Å²) in [4.78, 5) is 10.2. The number of allylic oxidation sites excluding steroid dienone is 1. The summed E-state index contributed by atoms with van der Waals surface area (Å²) >= 11 is 7.42. The highest BCUT2D eigenvalue weighted by molar-refractivity contribution is 7.98. The van der Waals surface area contributed by atoms with E-state index in [4.69, 9.17) is 11.6 Å². The van der Waals surface area contributed by atoms with Crippen LogP contribution in [0.4, 0.5) is 5.69 Å². The Morgan fingerprint density at radius 3 is 2.92 bits per heavy atom. The molecule has 25 heavy (non-hydrogen) atoms. The largest absolute Gasteiger partial charge is 0.307 e. The van der Waals surface area contributed by atoms with Crippen molar-refractivity contribution >= 4 is 29.1 Å². The second-order valence-electron chi connectivity index (χ2n) is 4.98. The van der Waals surface area contributed by atoms with Crippen LogP contribution in [0.25, 0.3) is 11.4 Å². The SMILES string of the molecule is C=CCn1c(SCn2cc([N+](=O)[O-])cn2)nnc1-c1cccc(Cl)c1. The van der Waals surface area contributed by atoms with Crippen molar-refractivity contribution < 1.29 is 4.92 Å². The molecule has 128 valence electrons. The molecule has 3 aromatic rings. The summed E-state index contributed by atoms with van der Waals surface area (Å²) in [6.07, 6.45) is 4.34. The number of hydrogen-bond acceptors (Lipinski definition) is 6. The highest BCUT2D eigenvalue weighted by atomic mass is 35.5. The zero-order chi connectivity index (χ0) is 17.8. The van der Waals surface area contributed by atoms with Gasteiger partial charge in [-0.25, -0.2) is 0 Å². The van der Waals surface area contributed by atoms with Crippen LogP contribution in [-0.2, 0) is 12.4 Å². The molecule has 0 aliphatic rings. The van der Waals surface area contributed by atoms with Gasteiger partial charge in [0.2, 0.25) is 0 Å². The summed E-state index contributed by atoms with van der Waals surface area (Å²) in [5.74, 6) is 1.05. The quantitative estimate of drug-likeness (QED) is 0.270. The highest BCUT2D eigenvalue weighted by Gasteiger charge is 2.15. The first-order valence-electron chi connectivity index (χ1n) is 7.18. The summed E-state index contributed by atoms with van der Waals surface area (Å²) < 4.78 is 3.38. The van der Waals surface area contributed by atoms with E-state index in [9.17, 15) is 10.1 Å². The van der Waals surface area contributed by atoms with Gasteiger partial charge in [0, 0.05) is 17.1 Å². The fourth-order valence-corrected chi connectivity index (χ4v) is 3.17. The van der Waals surface area contributed by atoms with Gasteiger partial charge in [-0.2, -0.15) is 5.10 Å². The first kappa shape index (κ1) is 17.2. The van der Waals surface area contributed by atoms with Crippen molar-refractivity contribution in [2.24, 2.45) is 0 Å². The molecule has 0 aliphatic carbocycles. The van der Waals surface area contributed by atoms with Crippen LogP contribution in [0.2, 0.25) is 5.02 Å². The number of rotatable bonds is 7. The average Bonchev–Trinajstić information content (AvgIpc) is 3.20. The third-order valence-corrected chi connectivity index (χ3v) is 4.46. The summed E-state index contributed by atoms with van der Waals surface area (Å²) in [5, 5.41) is 24.4. The smallest absolute Gasteiger partial charge is 0.298 e. The fraction of sp³-hybridized carbons (Fsp3) is 0.133. The molecule has 0 radical (unpaired) electrons. The zero-order valence-electron chi connectivity index (χ0n) is 12.9. The van der Waals surface area contributed by atoms with Crippen molar-refractivity contribution in [3.63, 3.8) is 0 Å². The Kier molecular flexibility index (Phi) is 5.15. The van der Waals surface area contributed by atoms with Crippen LogP contribution >= 0.6 is 23.4 Å². The molecule has 2 aromatic heterocycles. The summed E-state index contributed by atoms with van der Waals surface area (Å²) in [5.41, 5.74) is 0.802. The Hall–Kier alpha value is -2.65. The molecule has 0 atom stereocenters. The van der Waals surface area contributed by atoms with E-state index in [2.05, 4.69) is 21.9 Å². The Morgan fingerprint density at radius 2 is 2.24 bits per heavy atom. The van der Waals surface area contributed by atoms with E-state index in [1.807, 2.05) is 22.8 Å². The maximum Gasteiger partial charge on any atom is 0.307 e. The third kappa shape index (κ3) is 3.89. The van der Waals surface area contributed by atoms with Gasteiger partial charge in [-0.05, 0) is 12.1 Å². The van der Waals surface area contributed by atoms with Crippen LogP contribution in [0.15, 0.2) is 54.5 Å². The van der Waals surface area contributed by atoms with Crippen molar-refractivity contribution in [2.75, 3.05) is 0 Å². The van der Waals surface area contributed by atoms with Gasteiger partial charge in [0.15, 0.2) is 11.0 Å². The molecule has 0 saturated carbocycles. The standard InChI is InChI=1S/C15H13ClN6O2S/c1-2-6-21-14(11-4-3-5-12(16)7-11)18-19-15(21)25-10-20-9-13(8-17-20)22(23)24/h2-5,7-9H,1,6,10H2. The van der Waals surface area contributed by atoms with E-state index in [0.717, 1.165) is 5.56 Å². The minimum atomic E-state index is -0.481. The van der Waals surface area contributed by atoms with Crippen LogP contribution in [0.1, 0.15) is 0 Å². The average molecular weight is 377 g/mol. The van der Waals surface area contributed by atoms with E-state index < -0.39 is 4.92 Å². The van der Waals surface area contributed by atoms with Crippen LogP contribution in [0.3, 0.4) is 0 Å². The lowest BCUT2D eigenvalue weighted by atomic mass is 10.2. The minimum absolute atomic E-state index is 0.0484. The van der Waals surface area contributed by atoms with Gasteiger partial charge in [-0.1, -0.05) is 41.6 Å². The molecule has 0 bridgehead atoms. The monoisotopic (exact) mass is 376 g/mol. The van der Waals surface area contributed by atoms with E-state index in [1.165, 1.54) is 28.8 Å². The lowest BCUT2D eigenvalue weighted by Gasteiger charge is -2.08. The molecule has 0 aliphatic heterocycles. The van der Waals surface area contributed by atoms with Crippen LogP contribution in [0.5, 0.6) is 0 Å². The van der Waals surface area contributed by atoms with Crippen molar-refractivity contribution in [3.05, 3.63) is 64.5 Å². The number of halogens is 1. The highest BCUT2D eigenvalue weighted by Crippen LogP contribution is 2.26. The molecule has 0 N–H and O–H groups in total. The predicted octanol–water partition coefficient (Wildman–Crippen LogP) is 3.64. The second-order valence-corrected chi connectivity index (χ2v) is 6.33. The predicted molar refractivity (Wildman–Crippen MR) is 95.4 cm³/mol. The van der Waals surface area contributed by atoms with Crippen LogP contribution in [0, 0.1) is 10.1 Å². The van der Waals surface area contributed by atoms with Crippen molar-refractivity contribution in [2.45, 2.75) is 17.6 Å². The molecule has 0 fully saturated rings. The lowest BCUT2D eigenvalue weighted by molar-refractivity contribution is -0.385. The molecule has 10 heteroatoms. The fourth-order valence-electron chi connectivity index (χ4n) is 2.17.